The molecule has 9 heteroatoms. The van der Waals surface area contributed by atoms with Crippen molar-refractivity contribution in [3.8, 4) is 17.1 Å². The zero-order valence-corrected chi connectivity index (χ0v) is 13.5. The van der Waals surface area contributed by atoms with Crippen LogP contribution in [0.25, 0.3) is 22.4 Å². The fourth-order valence-corrected chi connectivity index (χ4v) is 2.44. The van der Waals surface area contributed by atoms with E-state index in [4.69, 9.17) is 9.84 Å². The molecule has 1 N–H and O–H groups in total. The Morgan fingerprint density at radius 3 is 2.52 bits per heavy atom. The predicted octanol–water partition coefficient (Wildman–Crippen LogP) is 0.250. The minimum absolute atomic E-state index is 0.0700. The van der Waals surface area contributed by atoms with E-state index in [0.29, 0.717) is 21.7 Å². The van der Waals surface area contributed by atoms with Crippen LogP contribution in [0, 0.1) is 0 Å². The molecule has 0 bridgehead atoms. The Balaban J connectivity index is 2.21. The lowest BCUT2D eigenvalue weighted by Crippen LogP contribution is -2.41. The molecule has 9 nitrogen and oxygen atoms in total. The van der Waals surface area contributed by atoms with Crippen LogP contribution in [0.5, 0.6) is 5.75 Å². The van der Waals surface area contributed by atoms with E-state index in [9.17, 15) is 14.4 Å². The Kier molecular flexibility index (Phi) is 4.05. The van der Waals surface area contributed by atoms with Gasteiger partial charge in [-0.3, -0.25) is 14.2 Å². The summed E-state index contributed by atoms with van der Waals surface area (Å²) in [5.74, 6) is -0.275. The van der Waals surface area contributed by atoms with Crippen LogP contribution in [0.15, 0.2) is 40.1 Å². The van der Waals surface area contributed by atoms with Crippen molar-refractivity contribution in [1.29, 1.82) is 0 Å². The number of rotatable bonds is 4. The van der Waals surface area contributed by atoms with E-state index < -0.39 is 23.8 Å². The van der Waals surface area contributed by atoms with Gasteiger partial charge in [0.05, 0.1) is 7.11 Å². The normalized spacial score (nSPS) is 10.8. The quantitative estimate of drug-likeness (QED) is 0.722. The van der Waals surface area contributed by atoms with Gasteiger partial charge in [-0.15, -0.1) is 0 Å². The molecule has 0 aliphatic heterocycles. The third-order valence-corrected chi connectivity index (χ3v) is 3.72. The van der Waals surface area contributed by atoms with Gasteiger partial charge in [-0.05, 0) is 24.3 Å². The van der Waals surface area contributed by atoms with Crippen molar-refractivity contribution >= 4 is 17.0 Å². The van der Waals surface area contributed by atoms with Gasteiger partial charge in [0, 0.05) is 18.8 Å². The van der Waals surface area contributed by atoms with Crippen LogP contribution in [0.4, 0.5) is 0 Å². The SMILES string of the molecule is COc1ccc(-c2ncc3c(=O)n(CC(=O)O)c(=O)n(C)c3n2)cc1. The van der Waals surface area contributed by atoms with E-state index in [0.717, 1.165) is 4.57 Å². The maximum Gasteiger partial charge on any atom is 0.332 e. The van der Waals surface area contributed by atoms with Crippen LogP contribution in [0.2, 0.25) is 0 Å². The number of aromatic nitrogens is 4. The highest BCUT2D eigenvalue weighted by Crippen LogP contribution is 2.19. The number of fused-ring (bicyclic) bond motifs is 1. The lowest BCUT2D eigenvalue weighted by atomic mass is 10.2. The molecule has 128 valence electrons. The van der Waals surface area contributed by atoms with E-state index in [1.165, 1.54) is 13.2 Å². The van der Waals surface area contributed by atoms with Gasteiger partial charge in [0.2, 0.25) is 0 Å². The Hall–Kier alpha value is -3.49. The number of carboxylic acids is 1. The molecule has 0 radical (unpaired) electrons. The molecule has 0 spiro atoms. The Labute approximate surface area is 140 Å². The molecule has 3 aromatic rings. The van der Waals surface area contributed by atoms with Crippen molar-refractivity contribution in [1.82, 2.24) is 19.1 Å². The monoisotopic (exact) mass is 342 g/mol. The molecule has 25 heavy (non-hydrogen) atoms. The second kappa shape index (κ2) is 6.19. The maximum atomic E-state index is 12.4. The van der Waals surface area contributed by atoms with Gasteiger partial charge in [0.1, 0.15) is 17.7 Å². The summed E-state index contributed by atoms with van der Waals surface area (Å²) in [5, 5.41) is 8.93. The van der Waals surface area contributed by atoms with Crippen LogP contribution in [-0.4, -0.2) is 37.3 Å². The third-order valence-electron chi connectivity index (χ3n) is 3.72. The van der Waals surface area contributed by atoms with Crippen LogP contribution < -0.4 is 16.0 Å². The maximum absolute atomic E-state index is 12.4. The number of aryl methyl sites for hydroxylation is 1. The van der Waals surface area contributed by atoms with Gasteiger partial charge in [0.15, 0.2) is 11.5 Å². The van der Waals surface area contributed by atoms with Crippen molar-refractivity contribution in [3.05, 3.63) is 51.3 Å². The van der Waals surface area contributed by atoms with E-state index in [1.54, 1.807) is 31.4 Å². The first-order valence-electron chi connectivity index (χ1n) is 7.25. The average molecular weight is 342 g/mol. The van der Waals surface area contributed by atoms with E-state index in [2.05, 4.69) is 9.97 Å². The highest BCUT2D eigenvalue weighted by Gasteiger charge is 2.15. The summed E-state index contributed by atoms with van der Waals surface area (Å²) in [4.78, 5) is 43.9. The number of carbonyl (C=O) groups is 1. The molecule has 0 atom stereocenters. The van der Waals surface area contributed by atoms with E-state index >= 15 is 0 Å². The zero-order chi connectivity index (χ0) is 18.1. The molecular formula is C16H14N4O5. The summed E-state index contributed by atoms with van der Waals surface area (Å²) in [6.07, 6.45) is 1.29. The van der Waals surface area contributed by atoms with Gasteiger partial charge in [-0.2, -0.15) is 0 Å². The Morgan fingerprint density at radius 1 is 1.24 bits per heavy atom. The molecule has 0 saturated heterocycles. The topological polar surface area (TPSA) is 116 Å². The standard InChI is InChI=1S/C16H14N4O5/c1-19-14-11(15(23)20(16(19)24)8-12(21)22)7-17-13(18-14)9-3-5-10(25-2)6-4-9/h3-7H,8H2,1-2H3,(H,21,22). The van der Waals surface area contributed by atoms with Gasteiger partial charge in [-0.25, -0.2) is 19.3 Å². The second-order valence-electron chi connectivity index (χ2n) is 5.29. The van der Waals surface area contributed by atoms with Crippen LogP contribution in [0.1, 0.15) is 0 Å². The van der Waals surface area contributed by atoms with Crippen LogP contribution >= 0.6 is 0 Å². The molecule has 0 unspecified atom stereocenters. The molecular weight excluding hydrogens is 328 g/mol. The first-order valence-corrected chi connectivity index (χ1v) is 7.25. The number of aliphatic carboxylic acids is 1. The molecule has 0 saturated carbocycles. The minimum atomic E-state index is -1.28. The van der Waals surface area contributed by atoms with E-state index in [1.807, 2.05) is 0 Å². The summed E-state index contributed by atoms with van der Waals surface area (Å²) in [5.41, 5.74) is -0.664. The Bertz CT molecular complexity index is 1080. The highest BCUT2D eigenvalue weighted by atomic mass is 16.5. The molecule has 2 aromatic heterocycles. The minimum Gasteiger partial charge on any atom is -0.497 e. The molecule has 0 aliphatic carbocycles. The van der Waals surface area contributed by atoms with Gasteiger partial charge in [0.25, 0.3) is 5.56 Å². The van der Waals surface area contributed by atoms with Gasteiger partial charge in [-0.1, -0.05) is 0 Å². The fraction of sp³-hybridized carbons (Fsp3) is 0.188. The number of carboxylic acid groups (broad SMARTS) is 1. The predicted molar refractivity (Wildman–Crippen MR) is 88.7 cm³/mol. The van der Waals surface area contributed by atoms with Crippen molar-refractivity contribution < 1.29 is 14.6 Å². The van der Waals surface area contributed by atoms with E-state index in [-0.39, 0.29) is 11.0 Å². The second-order valence-corrected chi connectivity index (χ2v) is 5.29. The third kappa shape index (κ3) is 2.87. The lowest BCUT2D eigenvalue weighted by molar-refractivity contribution is -0.137. The molecule has 1 aromatic carbocycles. The first-order chi connectivity index (χ1) is 11.9. The zero-order valence-electron chi connectivity index (χ0n) is 13.5. The van der Waals surface area contributed by atoms with Crippen molar-refractivity contribution in [2.45, 2.75) is 6.54 Å². The smallest absolute Gasteiger partial charge is 0.332 e. The summed E-state index contributed by atoms with van der Waals surface area (Å²) < 4.78 is 6.87. The van der Waals surface area contributed by atoms with Crippen molar-refractivity contribution in [2.75, 3.05) is 7.11 Å². The molecule has 0 fully saturated rings. The molecule has 0 amide bonds. The number of hydrogen-bond acceptors (Lipinski definition) is 6. The highest BCUT2D eigenvalue weighted by molar-refractivity contribution is 5.76. The van der Waals surface area contributed by atoms with Crippen molar-refractivity contribution in [2.24, 2.45) is 7.05 Å². The number of benzene rings is 1. The summed E-state index contributed by atoms with van der Waals surface area (Å²) in [7, 11) is 2.98. The number of methoxy groups -OCH3 is 1. The van der Waals surface area contributed by atoms with Gasteiger partial charge < -0.3 is 9.84 Å². The largest absolute Gasteiger partial charge is 0.497 e. The van der Waals surface area contributed by atoms with Gasteiger partial charge >= 0.3 is 11.7 Å². The van der Waals surface area contributed by atoms with Crippen LogP contribution in [-0.2, 0) is 18.4 Å². The summed E-state index contributed by atoms with van der Waals surface area (Å²) >= 11 is 0. The molecule has 2 heterocycles. The molecule has 0 aliphatic rings. The number of ether oxygens (including phenoxy) is 1. The molecule has 3 rings (SSSR count). The van der Waals surface area contributed by atoms with Crippen LogP contribution in [0.3, 0.4) is 0 Å². The number of hydrogen-bond donors (Lipinski definition) is 1. The van der Waals surface area contributed by atoms with Crippen molar-refractivity contribution in [3.63, 3.8) is 0 Å². The fourth-order valence-electron chi connectivity index (χ4n) is 2.44. The summed E-state index contributed by atoms with van der Waals surface area (Å²) in [6.45, 7) is -0.721. The summed E-state index contributed by atoms with van der Waals surface area (Å²) in [6, 6.07) is 6.99. The average Bonchev–Trinajstić information content (AvgIpc) is 2.63. The number of nitrogens with zero attached hydrogens (tertiary/aromatic N) is 4. The Morgan fingerprint density at radius 2 is 1.92 bits per heavy atom. The lowest BCUT2D eigenvalue weighted by Gasteiger charge is -2.09. The first kappa shape index (κ1) is 16.4.